The monoisotopic (exact) mass is 402 g/mol. The van der Waals surface area contributed by atoms with E-state index in [1.54, 1.807) is 53.4 Å². The molecule has 2 aromatic heterocycles. The van der Waals surface area contributed by atoms with Crippen LogP contribution < -0.4 is 4.90 Å². The largest absolute Gasteiger partial charge is 0.503 e. The van der Waals surface area contributed by atoms with Gasteiger partial charge in [-0.25, -0.2) is 4.98 Å². The van der Waals surface area contributed by atoms with E-state index in [1.807, 2.05) is 0 Å². The fourth-order valence-corrected chi connectivity index (χ4v) is 4.34. The highest BCUT2D eigenvalue weighted by atomic mass is 35.5. The first-order valence-corrected chi connectivity index (χ1v) is 9.71. The number of halogens is 1. The Morgan fingerprint density at radius 1 is 1.15 bits per heavy atom. The lowest BCUT2D eigenvalue weighted by molar-refractivity contribution is -0.117. The Balaban J connectivity index is 1.88. The molecule has 1 aliphatic heterocycles. The molecule has 0 spiro atoms. The smallest absolute Gasteiger partial charge is 0.296 e. The van der Waals surface area contributed by atoms with E-state index < -0.39 is 17.7 Å². The summed E-state index contributed by atoms with van der Waals surface area (Å²) in [5, 5.41) is 15.0. The molecule has 1 N–H and O–H groups in total. The molecule has 3 aromatic rings. The molecule has 1 aromatic carbocycles. The molecular formula is C18H11ClN2O3S2. The standard InChI is InChI=1S/C18H11ClN2O3S2/c19-11-5-3-10(4-6-11)14-13(15(22)12-2-1-8-25-12)16(23)17(24)21(14)18-20-7-9-26-18/h1-9,14,23H/t14-/m1/s1. The van der Waals surface area contributed by atoms with Gasteiger partial charge in [0.25, 0.3) is 5.91 Å². The maximum absolute atomic E-state index is 13.0. The van der Waals surface area contributed by atoms with Gasteiger partial charge in [0.2, 0.25) is 5.78 Å². The number of thiazole rings is 1. The summed E-state index contributed by atoms with van der Waals surface area (Å²) < 4.78 is 0. The van der Waals surface area contributed by atoms with Crippen molar-refractivity contribution in [2.75, 3.05) is 4.90 Å². The molecule has 1 atom stereocenters. The van der Waals surface area contributed by atoms with Crippen LogP contribution in [0.5, 0.6) is 0 Å². The summed E-state index contributed by atoms with van der Waals surface area (Å²) in [6.07, 6.45) is 1.57. The average molecular weight is 403 g/mol. The molecule has 26 heavy (non-hydrogen) atoms. The number of nitrogens with zero attached hydrogens (tertiary/aromatic N) is 2. The van der Waals surface area contributed by atoms with Crippen molar-refractivity contribution >= 4 is 51.1 Å². The molecule has 0 saturated carbocycles. The first kappa shape index (κ1) is 17.0. The maximum Gasteiger partial charge on any atom is 0.296 e. The number of anilines is 1. The minimum atomic E-state index is -0.763. The Labute approximate surface area is 161 Å². The van der Waals surface area contributed by atoms with Gasteiger partial charge in [-0.3, -0.25) is 14.5 Å². The first-order chi connectivity index (χ1) is 12.6. The Bertz CT molecular complexity index is 996. The van der Waals surface area contributed by atoms with Crippen molar-refractivity contribution in [1.29, 1.82) is 0 Å². The van der Waals surface area contributed by atoms with Crippen LogP contribution in [-0.4, -0.2) is 21.8 Å². The van der Waals surface area contributed by atoms with Gasteiger partial charge in [-0.2, -0.15) is 0 Å². The number of aliphatic hydroxyl groups is 1. The van der Waals surface area contributed by atoms with E-state index in [0.717, 1.165) is 0 Å². The molecule has 0 saturated heterocycles. The molecule has 0 radical (unpaired) electrons. The molecule has 0 unspecified atom stereocenters. The van der Waals surface area contributed by atoms with Crippen LogP contribution in [0.1, 0.15) is 21.3 Å². The zero-order valence-electron chi connectivity index (χ0n) is 13.1. The fraction of sp³-hybridized carbons (Fsp3) is 0.0556. The average Bonchev–Trinajstić information content (AvgIpc) is 3.38. The second-order valence-corrected chi connectivity index (χ2v) is 7.77. The molecule has 0 bridgehead atoms. The van der Waals surface area contributed by atoms with Crippen LogP contribution in [0.2, 0.25) is 5.02 Å². The summed E-state index contributed by atoms with van der Waals surface area (Å²) >= 11 is 8.50. The third-order valence-corrected chi connectivity index (χ3v) is 5.90. The molecule has 4 rings (SSSR count). The van der Waals surface area contributed by atoms with E-state index in [4.69, 9.17) is 11.6 Å². The Kier molecular flexibility index (Phi) is 4.36. The van der Waals surface area contributed by atoms with Gasteiger partial charge >= 0.3 is 0 Å². The first-order valence-electron chi connectivity index (χ1n) is 7.58. The highest BCUT2D eigenvalue weighted by Crippen LogP contribution is 2.42. The van der Waals surface area contributed by atoms with E-state index in [0.29, 0.717) is 20.6 Å². The number of aliphatic hydroxyl groups excluding tert-OH is 1. The van der Waals surface area contributed by atoms with Gasteiger partial charge in [0, 0.05) is 16.6 Å². The van der Waals surface area contributed by atoms with E-state index in [-0.39, 0.29) is 11.4 Å². The predicted octanol–water partition coefficient (Wildman–Crippen LogP) is 4.64. The summed E-state index contributed by atoms with van der Waals surface area (Å²) in [7, 11) is 0. The molecule has 3 heterocycles. The highest BCUT2D eigenvalue weighted by molar-refractivity contribution is 7.14. The van der Waals surface area contributed by atoms with Gasteiger partial charge in [-0.15, -0.1) is 22.7 Å². The van der Waals surface area contributed by atoms with Crippen LogP contribution in [0, 0.1) is 0 Å². The number of amides is 1. The van der Waals surface area contributed by atoms with E-state index in [1.165, 1.54) is 27.6 Å². The Morgan fingerprint density at radius 3 is 2.54 bits per heavy atom. The maximum atomic E-state index is 13.0. The van der Waals surface area contributed by atoms with E-state index >= 15 is 0 Å². The zero-order chi connectivity index (χ0) is 18.3. The number of aromatic nitrogens is 1. The predicted molar refractivity (Wildman–Crippen MR) is 102 cm³/mol. The lowest BCUT2D eigenvalue weighted by Gasteiger charge is -2.24. The van der Waals surface area contributed by atoms with Gasteiger partial charge in [-0.1, -0.05) is 29.8 Å². The van der Waals surface area contributed by atoms with Crippen LogP contribution in [-0.2, 0) is 4.79 Å². The van der Waals surface area contributed by atoms with Gasteiger partial charge in [0.05, 0.1) is 16.5 Å². The fourth-order valence-electron chi connectivity index (χ4n) is 2.87. The van der Waals surface area contributed by atoms with Crippen LogP contribution in [0.4, 0.5) is 5.13 Å². The van der Waals surface area contributed by atoms with Gasteiger partial charge < -0.3 is 5.11 Å². The van der Waals surface area contributed by atoms with Crippen molar-refractivity contribution < 1.29 is 14.7 Å². The van der Waals surface area contributed by atoms with Crippen LogP contribution in [0.25, 0.3) is 0 Å². The highest BCUT2D eigenvalue weighted by Gasteiger charge is 2.45. The van der Waals surface area contributed by atoms with Crippen molar-refractivity contribution in [1.82, 2.24) is 4.98 Å². The third-order valence-electron chi connectivity index (χ3n) is 4.01. The Hall–Kier alpha value is -2.48. The van der Waals surface area contributed by atoms with Crippen molar-refractivity contribution in [3.8, 4) is 0 Å². The number of rotatable bonds is 4. The number of hydrogen-bond donors (Lipinski definition) is 1. The summed E-state index contributed by atoms with van der Waals surface area (Å²) in [6, 6.07) is 9.50. The van der Waals surface area contributed by atoms with Crippen molar-refractivity contribution in [2.45, 2.75) is 6.04 Å². The second-order valence-electron chi connectivity index (χ2n) is 5.51. The number of hydrogen-bond acceptors (Lipinski definition) is 6. The minimum absolute atomic E-state index is 0.0509. The number of carbonyl (C=O) groups excluding carboxylic acids is 2. The lowest BCUT2D eigenvalue weighted by atomic mass is 9.95. The van der Waals surface area contributed by atoms with E-state index in [2.05, 4.69) is 4.98 Å². The van der Waals surface area contributed by atoms with Gasteiger partial charge in [0.15, 0.2) is 10.9 Å². The second kappa shape index (κ2) is 6.68. The number of benzene rings is 1. The third kappa shape index (κ3) is 2.74. The topological polar surface area (TPSA) is 70.5 Å². The van der Waals surface area contributed by atoms with Gasteiger partial charge in [-0.05, 0) is 29.1 Å². The Morgan fingerprint density at radius 2 is 1.92 bits per heavy atom. The number of Topliss-reactive ketones (excluding diaryl/α,β-unsaturated/α-hetero) is 1. The van der Waals surface area contributed by atoms with Gasteiger partial charge in [0.1, 0.15) is 0 Å². The van der Waals surface area contributed by atoms with Crippen molar-refractivity contribution in [3.05, 3.63) is 80.2 Å². The summed E-state index contributed by atoms with van der Waals surface area (Å²) in [5.74, 6) is -1.55. The number of ketones is 1. The molecule has 0 aliphatic carbocycles. The zero-order valence-corrected chi connectivity index (χ0v) is 15.5. The molecule has 1 aliphatic rings. The van der Waals surface area contributed by atoms with Crippen LogP contribution >= 0.6 is 34.3 Å². The lowest BCUT2D eigenvalue weighted by Crippen LogP contribution is -2.30. The molecule has 1 amide bonds. The van der Waals surface area contributed by atoms with Crippen LogP contribution in [0.3, 0.4) is 0 Å². The van der Waals surface area contributed by atoms with Crippen molar-refractivity contribution in [3.63, 3.8) is 0 Å². The molecule has 0 fully saturated rings. The summed E-state index contributed by atoms with van der Waals surface area (Å²) in [6.45, 7) is 0. The molecule has 5 nitrogen and oxygen atoms in total. The summed E-state index contributed by atoms with van der Waals surface area (Å²) in [4.78, 5) is 31.7. The minimum Gasteiger partial charge on any atom is -0.503 e. The normalized spacial score (nSPS) is 17.2. The number of carbonyl (C=O) groups is 2. The van der Waals surface area contributed by atoms with E-state index in [9.17, 15) is 14.7 Å². The summed E-state index contributed by atoms with van der Waals surface area (Å²) in [5.41, 5.74) is 0.719. The number of thiophene rings is 1. The molecule has 130 valence electrons. The van der Waals surface area contributed by atoms with Crippen LogP contribution in [0.15, 0.2) is 64.7 Å². The molecular weight excluding hydrogens is 392 g/mol. The molecule has 8 heteroatoms. The SMILES string of the molecule is O=C(C1=C(O)C(=O)N(c2nccs2)[C@@H]1c1ccc(Cl)cc1)c1cccs1. The quantitative estimate of drug-likeness (QED) is 0.645. The van der Waals surface area contributed by atoms with Crippen molar-refractivity contribution in [2.24, 2.45) is 0 Å².